The highest BCUT2D eigenvalue weighted by molar-refractivity contribution is 5.93. The van der Waals surface area contributed by atoms with E-state index < -0.39 is 4.92 Å². The Bertz CT molecular complexity index is 956. The Morgan fingerprint density at radius 3 is 2.62 bits per heavy atom. The molecule has 0 aliphatic heterocycles. The molecule has 0 fully saturated rings. The molecule has 0 saturated carbocycles. The lowest BCUT2D eigenvalue weighted by atomic mass is 10.1. The lowest BCUT2D eigenvalue weighted by Gasteiger charge is -2.20. The van der Waals surface area contributed by atoms with Gasteiger partial charge in [0, 0.05) is 24.2 Å². The van der Waals surface area contributed by atoms with Gasteiger partial charge in [-0.25, -0.2) is 9.97 Å². The number of nitrogens with zero attached hydrogens (tertiary/aromatic N) is 5. The quantitative estimate of drug-likeness (QED) is 0.532. The van der Waals surface area contributed by atoms with Crippen molar-refractivity contribution < 1.29 is 4.92 Å². The molecule has 1 N–H and O–H groups in total. The minimum absolute atomic E-state index is 0.138. The van der Waals surface area contributed by atoms with Crippen LogP contribution in [0.4, 0.5) is 23.0 Å². The summed E-state index contributed by atoms with van der Waals surface area (Å²) in [6, 6.07) is 9.55. The average Bonchev–Trinajstić information content (AvgIpc) is 2.63. The number of aromatic nitrogens is 3. The van der Waals surface area contributed by atoms with Crippen LogP contribution in [0.5, 0.6) is 0 Å². The monoisotopic (exact) mass is 352 g/mol. The van der Waals surface area contributed by atoms with Gasteiger partial charge in [-0.1, -0.05) is 18.2 Å². The Morgan fingerprint density at radius 1 is 1.15 bits per heavy atom. The van der Waals surface area contributed by atoms with Crippen molar-refractivity contribution in [2.45, 2.75) is 20.8 Å². The zero-order valence-corrected chi connectivity index (χ0v) is 14.9. The van der Waals surface area contributed by atoms with Gasteiger partial charge in [-0.2, -0.15) is 0 Å². The summed E-state index contributed by atoms with van der Waals surface area (Å²) < 4.78 is 0. The van der Waals surface area contributed by atoms with Crippen LogP contribution < -0.4 is 10.2 Å². The summed E-state index contributed by atoms with van der Waals surface area (Å²) in [6.45, 7) is 6.99. The van der Waals surface area contributed by atoms with Crippen molar-refractivity contribution in [1.82, 2.24) is 15.0 Å². The fourth-order valence-corrected chi connectivity index (χ4v) is 2.86. The fourth-order valence-electron chi connectivity index (χ4n) is 2.86. The number of hydrogen-bond donors (Lipinski definition) is 1. The smallest absolute Gasteiger partial charge is 0.351 e. The molecule has 1 aromatic carbocycles. The molecule has 0 unspecified atom stereocenters. The van der Waals surface area contributed by atoms with E-state index in [2.05, 4.69) is 20.3 Å². The Kier molecular flexibility index (Phi) is 4.92. The van der Waals surface area contributed by atoms with Gasteiger partial charge in [-0.05, 0) is 32.9 Å². The van der Waals surface area contributed by atoms with Crippen molar-refractivity contribution >= 4 is 33.9 Å². The van der Waals surface area contributed by atoms with Crippen molar-refractivity contribution in [2.24, 2.45) is 0 Å². The number of para-hydroxylation sites is 1. The molecular weight excluding hydrogens is 332 g/mol. The molecule has 2 aromatic heterocycles. The third kappa shape index (κ3) is 3.26. The van der Waals surface area contributed by atoms with Crippen LogP contribution in [0.1, 0.15) is 19.5 Å². The van der Waals surface area contributed by atoms with E-state index in [0.717, 1.165) is 16.6 Å². The van der Waals surface area contributed by atoms with Gasteiger partial charge in [-0.15, -0.1) is 0 Å². The second-order valence-electron chi connectivity index (χ2n) is 5.78. The minimum atomic E-state index is -0.445. The average molecular weight is 352 g/mol. The zero-order valence-electron chi connectivity index (χ0n) is 14.9. The number of fused-ring (bicyclic) bond motifs is 1. The van der Waals surface area contributed by atoms with Crippen molar-refractivity contribution in [3.05, 3.63) is 52.5 Å². The summed E-state index contributed by atoms with van der Waals surface area (Å²) in [7, 11) is 0. The van der Waals surface area contributed by atoms with Crippen LogP contribution in [0.3, 0.4) is 0 Å². The predicted octanol–water partition coefficient (Wildman–Crippen LogP) is 3.83. The van der Waals surface area contributed by atoms with E-state index in [0.29, 0.717) is 24.6 Å². The number of hydrogen-bond acceptors (Lipinski definition) is 7. The predicted molar refractivity (Wildman–Crippen MR) is 102 cm³/mol. The van der Waals surface area contributed by atoms with Crippen LogP contribution in [0.25, 0.3) is 10.9 Å². The summed E-state index contributed by atoms with van der Waals surface area (Å²) in [5.41, 5.74) is 2.14. The number of benzene rings is 1. The summed E-state index contributed by atoms with van der Waals surface area (Å²) >= 11 is 0. The molecule has 134 valence electrons. The van der Waals surface area contributed by atoms with E-state index in [4.69, 9.17) is 0 Å². The van der Waals surface area contributed by atoms with Gasteiger partial charge in [0.25, 0.3) is 0 Å². The molecule has 0 atom stereocenters. The van der Waals surface area contributed by atoms with E-state index in [1.54, 1.807) is 0 Å². The first-order chi connectivity index (χ1) is 12.5. The third-order valence-corrected chi connectivity index (χ3v) is 4.16. The molecule has 0 amide bonds. The molecule has 0 spiro atoms. The van der Waals surface area contributed by atoms with Gasteiger partial charge in [0.15, 0.2) is 0 Å². The van der Waals surface area contributed by atoms with Crippen LogP contribution in [0.15, 0.2) is 36.7 Å². The first-order valence-electron chi connectivity index (χ1n) is 8.42. The van der Waals surface area contributed by atoms with Crippen LogP contribution in [0, 0.1) is 17.0 Å². The van der Waals surface area contributed by atoms with Gasteiger partial charge in [0.1, 0.15) is 6.33 Å². The molecule has 8 heteroatoms. The fraction of sp³-hybridized carbons (Fsp3) is 0.278. The second kappa shape index (κ2) is 7.30. The van der Waals surface area contributed by atoms with Crippen molar-refractivity contribution in [3.63, 3.8) is 0 Å². The van der Waals surface area contributed by atoms with Crippen LogP contribution in [-0.2, 0) is 0 Å². The van der Waals surface area contributed by atoms with Crippen molar-refractivity contribution in [2.75, 3.05) is 23.3 Å². The van der Waals surface area contributed by atoms with Gasteiger partial charge < -0.3 is 10.2 Å². The van der Waals surface area contributed by atoms with Crippen LogP contribution in [-0.4, -0.2) is 33.0 Å². The topological polar surface area (TPSA) is 97.1 Å². The standard InChI is InChI=1S/C18H20N6O2/c1-4-23(5-2)18-16(24(25)26)17(19-11-20-18)22-14-8-6-7-13-10-9-12(3)21-15(13)14/h6-11H,4-5H2,1-3H3,(H,19,20,22). The molecular formula is C18H20N6O2. The highest BCUT2D eigenvalue weighted by Crippen LogP contribution is 2.34. The van der Waals surface area contributed by atoms with Gasteiger partial charge >= 0.3 is 5.69 Å². The van der Waals surface area contributed by atoms with Gasteiger partial charge in [0.05, 0.1) is 16.1 Å². The van der Waals surface area contributed by atoms with E-state index in [9.17, 15) is 10.1 Å². The number of aryl methyl sites for hydroxylation is 1. The molecule has 0 saturated heterocycles. The summed E-state index contributed by atoms with van der Waals surface area (Å²) in [4.78, 5) is 25.9. The SMILES string of the molecule is CCN(CC)c1ncnc(Nc2cccc3ccc(C)nc23)c1[N+](=O)[O-]. The lowest BCUT2D eigenvalue weighted by molar-refractivity contribution is -0.383. The molecule has 0 aliphatic rings. The Labute approximate surface area is 151 Å². The number of nitro groups is 1. The molecule has 0 aliphatic carbocycles. The third-order valence-electron chi connectivity index (χ3n) is 4.16. The highest BCUT2D eigenvalue weighted by Gasteiger charge is 2.26. The van der Waals surface area contributed by atoms with Crippen molar-refractivity contribution in [3.8, 4) is 0 Å². The Hall–Kier alpha value is -3.29. The maximum absolute atomic E-state index is 11.7. The largest absolute Gasteiger partial charge is 0.353 e. The maximum atomic E-state index is 11.7. The molecule has 3 aromatic rings. The van der Waals surface area contributed by atoms with E-state index in [1.807, 2.05) is 56.0 Å². The Morgan fingerprint density at radius 2 is 1.92 bits per heavy atom. The molecule has 0 bridgehead atoms. The molecule has 26 heavy (non-hydrogen) atoms. The number of pyridine rings is 1. The van der Waals surface area contributed by atoms with E-state index in [-0.39, 0.29) is 11.5 Å². The minimum Gasteiger partial charge on any atom is -0.351 e. The first kappa shape index (κ1) is 17.5. The Balaban J connectivity index is 2.12. The zero-order chi connectivity index (χ0) is 18.7. The van der Waals surface area contributed by atoms with E-state index in [1.165, 1.54) is 6.33 Å². The van der Waals surface area contributed by atoms with Gasteiger partial charge in [-0.3, -0.25) is 15.1 Å². The van der Waals surface area contributed by atoms with Crippen molar-refractivity contribution in [1.29, 1.82) is 0 Å². The normalized spacial score (nSPS) is 10.7. The molecule has 8 nitrogen and oxygen atoms in total. The lowest BCUT2D eigenvalue weighted by Crippen LogP contribution is -2.24. The molecule has 2 heterocycles. The number of anilines is 3. The van der Waals surface area contributed by atoms with E-state index >= 15 is 0 Å². The number of nitrogens with one attached hydrogen (secondary N) is 1. The van der Waals surface area contributed by atoms with Crippen LogP contribution in [0.2, 0.25) is 0 Å². The maximum Gasteiger partial charge on any atom is 0.353 e. The number of rotatable bonds is 6. The summed E-state index contributed by atoms with van der Waals surface area (Å²) in [5.74, 6) is 0.463. The molecule has 3 rings (SSSR count). The summed E-state index contributed by atoms with van der Waals surface area (Å²) in [5, 5.41) is 15.8. The second-order valence-corrected chi connectivity index (χ2v) is 5.78. The first-order valence-corrected chi connectivity index (χ1v) is 8.42. The summed E-state index contributed by atoms with van der Waals surface area (Å²) in [6.07, 6.45) is 1.34. The van der Waals surface area contributed by atoms with Crippen LogP contribution >= 0.6 is 0 Å². The molecule has 0 radical (unpaired) electrons. The highest BCUT2D eigenvalue weighted by atomic mass is 16.6. The van der Waals surface area contributed by atoms with Gasteiger partial charge in [0.2, 0.25) is 11.6 Å².